The molecule has 0 unspecified atom stereocenters. The molecule has 0 saturated carbocycles. The molecule has 0 fully saturated rings. The van der Waals surface area contributed by atoms with Gasteiger partial charge in [-0.1, -0.05) is 60.2 Å². The van der Waals surface area contributed by atoms with Gasteiger partial charge in [0.05, 0.1) is 18.1 Å². The van der Waals surface area contributed by atoms with Crippen LogP contribution in [0, 0.1) is 0 Å². The molecular weight excluding hydrogens is 336 g/mol. The topological polar surface area (TPSA) is 63.6 Å². The molecule has 1 atom stereocenters. The van der Waals surface area contributed by atoms with Crippen LogP contribution in [0.1, 0.15) is 25.8 Å². The summed E-state index contributed by atoms with van der Waals surface area (Å²) in [4.78, 5) is 0.108. The fourth-order valence-corrected chi connectivity index (χ4v) is 3.51. The van der Waals surface area contributed by atoms with Crippen molar-refractivity contribution in [2.75, 3.05) is 13.2 Å². The Hall–Kier alpha value is -1.95. The lowest BCUT2D eigenvalue weighted by Crippen LogP contribution is -2.36. The Morgan fingerprint density at radius 1 is 1.04 bits per heavy atom. The van der Waals surface area contributed by atoms with Crippen LogP contribution in [-0.2, 0) is 19.7 Å². The van der Waals surface area contributed by atoms with Gasteiger partial charge in [-0.15, -0.1) is 0 Å². The van der Waals surface area contributed by atoms with E-state index >= 15 is 0 Å². The smallest absolute Gasteiger partial charge is 0.297 e. The fraction of sp³-hybridized carbons (Fsp3) is 0.300. The first-order chi connectivity index (χ1) is 11.9. The lowest BCUT2D eigenvalue weighted by Gasteiger charge is -2.31. The first kappa shape index (κ1) is 19.4. The van der Waals surface area contributed by atoms with Crippen molar-refractivity contribution in [3.63, 3.8) is 0 Å². The molecule has 2 aromatic carbocycles. The summed E-state index contributed by atoms with van der Waals surface area (Å²) < 4.78 is 30.2. The van der Waals surface area contributed by atoms with Gasteiger partial charge in [0.2, 0.25) is 0 Å². The van der Waals surface area contributed by atoms with Crippen molar-refractivity contribution >= 4 is 10.1 Å². The van der Waals surface area contributed by atoms with Crippen LogP contribution in [-0.4, -0.2) is 26.7 Å². The molecule has 134 valence electrons. The molecule has 0 heterocycles. The minimum absolute atomic E-state index is 0.108. The molecule has 0 aromatic heterocycles. The minimum atomic E-state index is -3.88. The van der Waals surface area contributed by atoms with E-state index in [1.54, 1.807) is 18.2 Å². The first-order valence-corrected chi connectivity index (χ1v) is 9.55. The number of aliphatic hydroxyl groups is 1. The van der Waals surface area contributed by atoms with Gasteiger partial charge in [0, 0.05) is 5.41 Å². The van der Waals surface area contributed by atoms with Crippen molar-refractivity contribution in [1.82, 2.24) is 0 Å². The Bertz CT molecular complexity index is 794. The zero-order valence-electron chi connectivity index (χ0n) is 14.6. The molecule has 0 radical (unpaired) electrons. The zero-order valence-corrected chi connectivity index (χ0v) is 15.4. The standard InChI is InChI=1S/C20H24O4S/c1-17(2)13-14-20(15-21,18-9-5-3-6-10-18)16-24-25(22,23)19-11-7-4-8-12-19/h3-13,21H,14-16H2,1-2H3/t20-/m1/s1. The van der Waals surface area contributed by atoms with Gasteiger partial charge in [0.15, 0.2) is 0 Å². The summed E-state index contributed by atoms with van der Waals surface area (Å²) in [6, 6.07) is 17.4. The minimum Gasteiger partial charge on any atom is -0.395 e. The highest BCUT2D eigenvalue weighted by molar-refractivity contribution is 7.86. The van der Waals surface area contributed by atoms with E-state index in [0.29, 0.717) is 6.42 Å². The van der Waals surface area contributed by atoms with Gasteiger partial charge in [-0.05, 0) is 38.0 Å². The summed E-state index contributed by atoms with van der Waals surface area (Å²) in [6.45, 7) is 3.59. The maximum absolute atomic E-state index is 12.4. The molecular formula is C20H24O4S. The average Bonchev–Trinajstić information content (AvgIpc) is 2.64. The summed E-state index contributed by atoms with van der Waals surface area (Å²) in [7, 11) is -3.88. The summed E-state index contributed by atoms with van der Waals surface area (Å²) in [5.41, 5.74) is 1.12. The number of allylic oxidation sites excluding steroid dienone is 2. The summed E-state index contributed by atoms with van der Waals surface area (Å²) in [6.07, 6.45) is 2.47. The van der Waals surface area contributed by atoms with Gasteiger partial charge >= 0.3 is 0 Å². The van der Waals surface area contributed by atoms with E-state index in [-0.39, 0.29) is 18.1 Å². The van der Waals surface area contributed by atoms with E-state index < -0.39 is 15.5 Å². The molecule has 0 spiro atoms. The second kappa shape index (κ2) is 8.43. The summed E-state index contributed by atoms with van der Waals surface area (Å²) >= 11 is 0. The first-order valence-electron chi connectivity index (χ1n) is 8.14. The second-order valence-electron chi connectivity index (χ2n) is 6.32. The Balaban J connectivity index is 2.32. The third-order valence-corrected chi connectivity index (χ3v) is 5.39. The average molecular weight is 360 g/mol. The molecule has 0 saturated heterocycles. The molecule has 0 aliphatic carbocycles. The third-order valence-electron chi connectivity index (χ3n) is 4.11. The Morgan fingerprint density at radius 3 is 2.12 bits per heavy atom. The molecule has 1 N–H and O–H groups in total. The van der Waals surface area contributed by atoms with E-state index in [0.717, 1.165) is 11.1 Å². The molecule has 0 amide bonds. The predicted molar refractivity (Wildman–Crippen MR) is 98.8 cm³/mol. The summed E-state index contributed by atoms with van der Waals surface area (Å²) in [5, 5.41) is 10.1. The van der Waals surface area contributed by atoms with E-state index in [9.17, 15) is 13.5 Å². The van der Waals surface area contributed by atoms with Crippen LogP contribution in [0.15, 0.2) is 77.2 Å². The number of hydrogen-bond acceptors (Lipinski definition) is 4. The van der Waals surface area contributed by atoms with Gasteiger partial charge in [0.1, 0.15) is 0 Å². The highest BCUT2D eigenvalue weighted by Gasteiger charge is 2.33. The summed E-state index contributed by atoms with van der Waals surface area (Å²) in [5.74, 6) is 0. The van der Waals surface area contributed by atoms with Crippen LogP contribution < -0.4 is 0 Å². The van der Waals surface area contributed by atoms with Gasteiger partial charge in [0.25, 0.3) is 10.1 Å². The van der Waals surface area contributed by atoms with Crippen LogP contribution in [0.4, 0.5) is 0 Å². The van der Waals surface area contributed by atoms with Crippen molar-refractivity contribution in [3.8, 4) is 0 Å². The quantitative estimate of drug-likeness (QED) is 0.576. The lowest BCUT2D eigenvalue weighted by molar-refractivity contribution is 0.133. The fourth-order valence-electron chi connectivity index (χ4n) is 2.50. The Labute approximate surface area is 149 Å². The number of benzene rings is 2. The maximum Gasteiger partial charge on any atom is 0.297 e. The molecule has 25 heavy (non-hydrogen) atoms. The highest BCUT2D eigenvalue weighted by Crippen LogP contribution is 2.30. The van der Waals surface area contributed by atoms with Crippen molar-refractivity contribution in [3.05, 3.63) is 77.9 Å². The van der Waals surface area contributed by atoms with Crippen molar-refractivity contribution in [2.45, 2.75) is 30.6 Å². The lowest BCUT2D eigenvalue weighted by atomic mass is 9.78. The zero-order chi connectivity index (χ0) is 18.3. The highest BCUT2D eigenvalue weighted by atomic mass is 32.2. The number of rotatable bonds is 8. The van der Waals surface area contributed by atoms with Crippen LogP contribution in [0.25, 0.3) is 0 Å². The molecule has 2 aromatic rings. The SMILES string of the molecule is CC(C)=CC[C@@](CO)(COS(=O)(=O)c1ccccc1)c1ccccc1. The van der Waals surface area contributed by atoms with Crippen molar-refractivity contribution in [1.29, 1.82) is 0 Å². The second-order valence-corrected chi connectivity index (χ2v) is 7.93. The van der Waals surface area contributed by atoms with E-state index in [4.69, 9.17) is 4.18 Å². The van der Waals surface area contributed by atoms with Crippen molar-refractivity contribution < 1.29 is 17.7 Å². The van der Waals surface area contributed by atoms with E-state index in [1.807, 2.05) is 50.3 Å². The normalized spacial score (nSPS) is 13.9. The number of aliphatic hydroxyl groups excluding tert-OH is 1. The van der Waals surface area contributed by atoms with Gasteiger partial charge in [-0.2, -0.15) is 8.42 Å². The third kappa shape index (κ3) is 5.01. The molecule has 0 aliphatic rings. The van der Waals surface area contributed by atoms with E-state index in [2.05, 4.69) is 0 Å². The predicted octanol–water partition coefficient (Wildman–Crippen LogP) is 3.68. The van der Waals surface area contributed by atoms with E-state index in [1.165, 1.54) is 12.1 Å². The van der Waals surface area contributed by atoms with Crippen LogP contribution >= 0.6 is 0 Å². The number of hydrogen-bond donors (Lipinski definition) is 1. The molecule has 5 heteroatoms. The van der Waals surface area contributed by atoms with Crippen LogP contribution in [0.3, 0.4) is 0 Å². The Morgan fingerprint density at radius 2 is 1.60 bits per heavy atom. The van der Waals surface area contributed by atoms with Crippen molar-refractivity contribution in [2.24, 2.45) is 0 Å². The molecule has 0 bridgehead atoms. The molecule has 2 rings (SSSR count). The van der Waals surface area contributed by atoms with Crippen LogP contribution in [0.5, 0.6) is 0 Å². The Kier molecular flexibility index (Phi) is 6.53. The molecule has 4 nitrogen and oxygen atoms in total. The maximum atomic E-state index is 12.4. The largest absolute Gasteiger partial charge is 0.395 e. The monoisotopic (exact) mass is 360 g/mol. The van der Waals surface area contributed by atoms with Crippen LogP contribution in [0.2, 0.25) is 0 Å². The van der Waals surface area contributed by atoms with Gasteiger partial charge in [-0.3, -0.25) is 4.18 Å². The van der Waals surface area contributed by atoms with Gasteiger partial charge in [-0.25, -0.2) is 0 Å². The van der Waals surface area contributed by atoms with Gasteiger partial charge < -0.3 is 5.11 Å². The molecule has 0 aliphatic heterocycles.